The molecule has 1 aliphatic rings. The van der Waals surface area contributed by atoms with Gasteiger partial charge in [-0.3, -0.25) is 14.5 Å². The fourth-order valence-electron chi connectivity index (χ4n) is 4.37. The van der Waals surface area contributed by atoms with Gasteiger partial charge in [-0.1, -0.05) is 24.9 Å². The molecule has 2 amide bonds. The fraction of sp³-hybridized carbons (Fsp3) is 0.308. The number of pyridine rings is 1. The van der Waals surface area contributed by atoms with Crippen molar-refractivity contribution in [1.29, 1.82) is 0 Å². The number of amides is 2. The highest BCUT2D eigenvalue weighted by atomic mass is 35.5. The number of hydrogen-bond donors (Lipinski definition) is 0. The van der Waals surface area contributed by atoms with E-state index in [0.717, 1.165) is 17.5 Å². The van der Waals surface area contributed by atoms with Crippen LogP contribution >= 0.6 is 11.6 Å². The molecule has 0 fully saturated rings. The van der Waals surface area contributed by atoms with Crippen molar-refractivity contribution in [2.24, 2.45) is 0 Å². The lowest BCUT2D eigenvalue weighted by atomic mass is 10.0. The summed E-state index contributed by atoms with van der Waals surface area (Å²) in [6.07, 6.45) is 4.80. The minimum absolute atomic E-state index is 0.0994. The molecule has 2 aromatic heterocycles. The minimum atomic E-state index is -0.480. The first-order valence-electron chi connectivity index (χ1n) is 11.3. The number of carbonyl (C=O) groups is 2. The summed E-state index contributed by atoms with van der Waals surface area (Å²) in [5, 5.41) is 18.8. The number of hydrogen-bond acceptors (Lipinski definition) is 4. The van der Waals surface area contributed by atoms with Crippen molar-refractivity contribution in [3.05, 3.63) is 70.1 Å². The van der Waals surface area contributed by atoms with E-state index >= 15 is 0 Å². The van der Waals surface area contributed by atoms with Crippen LogP contribution in [0.5, 0.6) is 5.88 Å². The third-order valence-corrected chi connectivity index (χ3v) is 5.98. The smallest absolute Gasteiger partial charge is 0.327 e. The summed E-state index contributed by atoms with van der Waals surface area (Å²) in [6, 6.07) is 8.38. The second kappa shape index (κ2) is 9.06. The van der Waals surface area contributed by atoms with Crippen molar-refractivity contribution in [3.8, 4) is 11.6 Å². The summed E-state index contributed by atoms with van der Waals surface area (Å²) in [7, 11) is 0. The first-order chi connectivity index (χ1) is 16.1. The monoisotopic (exact) mass is 478 g/mol. The molecular formula is C26H27ClN4O3. The highest BCUT2D eigenvalue weighted by molar-refractivity contribution is 6.45. The zero-order chi connectivity index (χ0) is 24.7. The Morgan fingerprint density at radius 2 is 1.68 bits per heavy atom. The van der Waals surface area contributed by atoms with Gasteiger partial charge in [-0.25, -0.2) is 4.68 Å². The first kappa shape index (κ1) is 23.7. The van der Waals surface area contributed by atoms with E-state index in [4.69, 9.17) is 11.6 Å². The van der Waals surface area contributed by atoms with Gasteiger partial charge in [0.15, 0.2) is 12.4 Å². The maximum Gasteiger partial charge on any atom is 0.327 e. The van der Waals surface area contributed by atoms with E-state index in [0.29, 0.717) is 22.8 Å². The molecule has 0 unspecified atom stereocenters. The second-order valence-electron chi connectivity index (χ2n) is 8.86. The quantitative estimate of drug-likeness (QED) is 0.400. The number of halogens is 1. The summed E-state index contributed by atoms with van der Waals surface area (Å²) in [6.45, 7) is 9.39. The third kappa shape index (κ3) is 4.01. The lowest BCUT2D eigenvalue weighted by Gasteiger charge is -2.18. The number of nitrogens with zero attached hydrogens (tertiary/aromatic N) is 4. The number of aryl methyl sites for hydroxylation is 3. The predicted molar refractivity (Wildman–Crippen MR) is 128 cm³/mol. The van der Waals surface area contributed by atoms with Crippen molar-refractivity contribution >= 4 is 34.7 Å². The van der Waals surface area contributed by atoms with Gasteiger partial charge in [0, 0.05) is 27.8 Å². The number of benzene rings is 1. The molecule has 0 saturated carbocycles. The van der Waals surface area contributed by atoms with Crippen LogP contribution in [0.2, 0.25) is 5.02 Å². The van der Waals surface area contributed by atoms with Crippen LogP contribution in [-0.2, 0) is 16.0 Å². The normalized spacial score (nSPS) is 14.1. The van der Waals surface area contributed by atoms with E-state index < -0.39 is 17.7 Å². The standard InChI is InChI=1S/C26H27ClN4O3/c1-6-7-20-21(25(33)31(28-20)19-10-8-18(27)9-11-19)22-23(26(34)30(15(2)3)24(22)32)29-13-16(4)12-17(5)14-29/h8-15H,6-7H2,1-5H3. The van der Waals surface area contributed by atoms with Crippen molar-refractivity contribution < 1.29 is 19.3 Å². The molecule has 4 rings (SSSR count). The van der Waals surface area contributed by atoms with Gasteiger partial charge in [-0.05, 0) is 70.3 Å². The zero-order valence-corrected chi connectivity index (χ0v) is 20.7. The average Bonchev–Trinajstić information content (AvgIpc) is 3.20. The molecule has 34 heavy (non-hydrogen) atoms. The van der Waals surface area contributed by atoms with Crippen molar-refractivity contribution in [2.75, 3.05) is 0 Å². The molecule has 1 aliphatic heterocycles. The number of aromatic nitrogens is 3. The van der Waals surface area contributed by atoms with Crippen LogP contribution in [0.3, 0.4) is 0 Å². The van der Waals surface area contributed by atoms with Crippen molar-refractivity contribution in [1.82, 2.24) is 14.7 Å². The molecule has 3 heterocycles. The van der Waals surface area contributed by atoms with Crippen LogP contribution in [0.1, 0.15) is 49.6 Å². The van der Waals surface area contributed by atoms with Gasteiger partial charge in [-0.2, -0.15) is 9.67 Å². The van der Waals surface area contributed by atoms with Crippen LogP contribution in [0, 0.1) is 13.8 Å². The van der Waals surface area contributed by atoms with E-state index in [9.17, 15) is 14.7 Å². The molecule has 0 bridgehead atoms. The maximum absolute atomic E-state index is 13.7. The summed E-state index contributed by atoms with van der Waals surface area (Å²) in [5.41, 5.74) is 3.35. The van der Waals surface area contributed by atoms with Crippen LogP contribution in [0.25, 0.3) is 17.0 Å². The minimum Gasteiger partial charge on any atom is -0.858 e. The summed E-state index contributed by atoms with van der Waals surface area (Å²) >= 11 is 6.02. The summed E-state index contributed by atoms with van der Waals surface area (Å²) in [4.78, 5) is 28.4. The van der Waals surface area contributed by atoms with Crippen molar-refractivity contribution in [2.45, 2.75) is 53.5 Å². The van der Waals surface area contributed by atoms with Gasteiger partial charge in [0.25, 0.3) is 11.6 Å². The Hall–Kier alpha value is -3.45. The highest BCUT2D eigenvalue weighted by Gasteiger charge is 2.47. The Bertz CT molecular complexity index is 1300. The molecule has 0 atom stereocenters. The summed E-state index contributed by atoms with van der Waals surface area (Å²) in [5.74, 6) is -1.34. The van der Waals surface area contributed by atoms with Gasteiger partial charge in [0.2, 0.25) is 0 Å². The molecule has 0 spiro atoms. The second-order valence-corrected chi connectivity index (χ2v) is 9.30. The van der Waals surface area contributed by atoms with Gasteiger partial charge in [-0.15, -0.1) is 0 Å². The molecule has 176 valence electrons. The van der Waals surface area contributed by atoms with E-state index in [1.165, 1.54) is 9.58 Å². The first-order valence-corrected chi connectivity index (χ1v) is 11.7. The molecule has 3 aromatic rings. The largest absolute Gasteiger partial charge is 0.858 e. The fourth-order valence-corrected chi connectivity index (χ4v) is 4.50. The topological polar surface area (TPSA) is 82.1 Å². The number of imide groups is 1. The highest BCUT2D eigenvalue weighted by Crippen LogP contribution is 2.38. The van der Waals surface area contributed by atoms with Crippen LogP contribution < -0.4 is 9.67 Å². The van der Waals surface area contributed by atoms with E-state index in [2.05, 4.69) is 5.10 Å². The molecular weight excluding hydrogens is 452 g/mol. The van der Waals surface area contributed by atoms with Gasteiger partial charge >= 0.3 is 5.91 Å². The van der Waals surface area contributed by atoms with Gasteiger partial charge in [0.1, 0.15) is 5.57 Å². The number of carbonyl (C=O) groups excluding carboxylic acids is 2. The zero-order valence-electron chi connectivity index (χ0n) is 19.9. The molecule has 0 aliphatic carbocycles. The van der Waals surface area contributed by atoms with Gasteiger partial charge in [0.05, 0.1) is 11.4 Å². The molecule has 8 heteroatoms. The van der Waals surface area contributed by atoms with E-state index in [-0.39, 0.29) is 22.9 Å². The molecule has 0 radical (unpaired) electrons. The van der Waals surface area contributed by atoms with Crippen LogP contribution in [0.15, 0.2) is 42.7 Å². The lowest BCUT2D eigenvalue weighted by molar-refractivity contribution is -0.577. The molecule has 7 nitrogen and oxygen atoms in total. The van der Waals surface area contributed by atoms with Crippen LogP contribution in [0.4, 0.5) is 0 Å². The van der Waals surface area contributed by atoms with E-state index in [1.54, 1.807) is 55.1 Å². The van der Waals surface area contributed by atoms with Gasteiger partial charge < -0.3 is 5.11 Å². The Labute approximate surface area is 203 Å². The van der Waals surface area contributed by atoms with Crippen LogP contribution in [-0.4, -0.2) is 32.5 Å². The predicted octanol–water partition coefficient (Wildman–Crippen LogP) is 3.60. The lowest BCUT2D eigenvalue weighted by Crippen LogP contribution is -2.42. The third-order valence-electron chi connectivity index (χ3n) is 5.73. The SMILES string of the molecule is CCCc1nn(-c2ccc(Cl)cc2)c([O-])c1C1=C([n+]2cc(C)cc(C)c2)C(=O)N(C(C)C)C1=O. The Morgan fingerprint density at radius 3 is 2.24 bits per heavy atom. The molecule has 0 saturated heterocycles. The Kier molecular flexibility index (Phi) is 6.32. The maximum atomic E-state index is 13.7. The summed E-state index contributed by atoms with van der Waals surface area (Å²) < 4.78 is 2.95. The van der Waals surface area contributed by atoms with E-state index in [1.807, 2.05) is 26.8 Å². The number of rotatable bonds is 6. The average molecular weight is 479 g/mol. The van der Waals surface area contributed by atoms with Crippen molar-refractivity contribution in [3.63, 3.8) is 0 Å². The Morgan fingerprint density at radius 1 is 1.06 bits per heavy atom. The molecule has 0 N–H and O–H groups in total. The Balaban J connectivity index is 2.03. The molecule has 1 aromatic carbocycles.